The van der Waals surface area contributed by atoms with Crippen LogP contribution in [0.4, 0.5) is 11.6 Å². The van der Waals surface area contributed by atoms with E-state index in [1.165, 1.54) is 12.8 Å². The van der Waals surface area contributed by atoms with Crippen LogP contribution in [0.3, 0.4) is 0 Å². The summed E-state index contributed by atoms with van der Waals surface area (Å²) in [5.41, 5.74) is 1.97. The van der Waals surface area contributed by atoms with Crippen LogP contribution in [-0.4, -0.2) is 32.7 Å². The fourth-order valence-electron chi connectivity index (χ4n) is 3.30. The lowest BCUT2D eigenvalue weighted by Gasteiger charge is -2.32. The number of pyridine rings is 1. The van der Waals surface area contributed by atoms with Crippen molar-refractivity contribution < 1.29 is 0 Å². The van der Waals surface area contributed by atoms with Gasteiger partial charge in [0, 0.05) is 38.1 Å². The Bertz CT molecular complexity index is 863. The minimum absolute atomic E-state index is 0.695. The minimum atomic E-state index is 0.695. The molecular weight excluding hydrogens is 380 g/mol. The van der Waals surface area contributed by atoms with E-state index in [-0.39, 0.29) is 0 Å². The van der Waals surface area contributed by atoms with E-state index in [0.717, 1.165) is 40.4 Å². The number of hydrogen-bond acceptors (Lipinski definition) is 5. The zero-order valence-electron chi connectivity index (χ0n) is 14.2. The number of rotatable bonds is 4. The van der Waals surface area contributed by atoms with Gasteiger partial charge >= 0.3 is 0 Å². The van der Waals surface area contributed by atoms with E-state index in [9.17, 15) is 0 Å². The molecule has 0 saturated carbocycles. The number of piperidine rings is 1. The highest BCUT2D eigenvalue weighted by molar-refractivity contribution is 9.10. The zero-order chi connectivity index (χ0) is 17.2. The Labute approximate surface area is 155 Å². The van der Waals surface area contributed by atoms with Gasteiger partial charge in [-0.2, -0.15) is 9.61 Å². The van der Waals surface area contributed by atoms with Crippen molar-refractivity contribution in [3.63, 3.8) is 0 Å². The minimum Gasteiger partial charge on any atom is -0.366 e. The third-order valence-corrected chi connectivity index (χ3v) is 5.15. The maximum atomic E-state index is 4.84. The Morgan fingerprint density at radius 2 is 2.28 bits per heavy atom. The number of fused-ring (bicyclic) bond motifs is 1. The monoisotopic (exact) mass is 400 g/mol. The molecule has 25 heavy (non-hydrogen) atoms. The summed E-state index contributed by atoms with van der Waals surface area (Å²) in [5, 5.41) is 7.92. The van der Waals surface area contributed by atoms with Crippen LogP contribution < -0.4 is 10.2 Å². The van der Waals surface area contributed by atoms with Crippen LogP contribution in [0.2, 0.25) is 0 Å². The van der Waals surface area contributed by atoms with Gasteiger partial charge in [0.15, 0.2) is 5.65 Å². The molecular formula is C18H21BrN6. The number of nitrogens with one attached hydrogen (secondary N) is 1. The summed E-state index contributed by atoms with van der Waals surface area (Å²) in [6.07, 6.45) is 7.96. The Morgan fingerprint density at radius 3 is 3.08 bits per heavy atom. The Hall–Kier alpha value is -2.15. The van der Waals surface area contributed by atoms with Gasteiger partial charge in [-0.25, -0.2) is 4.98 Å². The van der Waals surface area contributed by atoms with Gasteiger partial charge in [0.05, 0.1) is 10.7 Å². The zero-order valence-corrected chi connectivity index (χ0v) is 15.8. The molecule has 1 unspecified atom stereocenters. The summed E-state index contributed by atoms with van der Waals surface area (Å²) in [4.78, 5) is 11.4. The van der Waals surface area contributed by atoms with Crippen LogP contribution in [0.1, 0.15) is 25.3 Å². The third kappa shape index (κ3) is 3.46. The van der Waals surface area contributed by atoms with Crippen LogP contribution in [0.5, 0.6) is 0 Å². The van der Waals surface area contributed by atoms with Gasteiger partial charge in [0.2, 0.25) is 0 Å². The molecule has 4 rings (SSSR count). The van der Waals surface area contributed by atoms with Crippen molar-refractivity contribution >= 4 is 33.2 Å². The van der Waals surface area contributed by atoms with Crippen molar-refractivity contribution in [1.82, 2.24) is 19.6 Å². The maximum absolute atomic E-state index is 4.84. The number of anilines is 2. The molecule has 4 heterocycles. The molecule has 0 spiro atoms. The normalized spacial score (nSPS) is 17.8. The fourth-order valence-corrected chi connectivity index (χ4v) is 3.65. The molecule has 0 bridgehead atoms. The number of halogens is 1. The summed E-state index contributed by atoms with van der Waals surface area (Å²) < 4.78 is 2.75. The molecule has 7 heteroatoms. The first kappa shape index (κ1) is 16.3. The van der Waals surface area contributed by atoms with Gasteiger partial charge in [-0.1, -0.05) is 13.0 Å². The van der Waals surface area contributed by atoms with Crippen LogP contribution >= 0.6 is 15.9 Å². The van der Waals surface area contributed by atoms with E-state index < -0.39 is 0 Å². The molecule has 0 aromatic carbocycles. The van der Waals surface area contributed by atoms with Crippen molar-refractivity contribution in [2.45, 2.75) is 26.3 Å². The summed E-state index contributed by atoms with van der Waals surface area (Å²) in [7, 11) is 0. The first-order chi connectivity index (χ1) is 12.2. The smallest absolute Gasteiger partial charge is 0.173 e. The Balaban J connectivity index is 1.67. The van der Waals surface area contributed by atoms with E-state index in [2.05, 4.69) is 55.3 Å². The van der Waals surface area contributed by atoms with Gasteiger partial charge in [-0.15, -0.1) is 0 Å². The number of hydrogen-bond donors (Lipinski definition) is 1. The molecule has 0 amide bonds. The number of nitrogens with zero attached hydrogens (tertiary/aromatic N) is 5. The molecule has 130 valence electrons. The van der Waals surface area contributed by atoms with Crippen LogP contribution in [0.25, 0.3) is 5.65 Å². The summed E-state index contributed by atoms with van der Waals surface area (Å²) in [6, 6.07) is 6.11. The lowest BCUT2D eigenvalue weighted by Crippen LogP contribution is -2.35. The van der Waals surface area contributed by atoms with Crippen molar-refractivity contribution in [3.8, 4) is 0 Å². The van der Waals surface area contributed by atoms with E-state index in [1.807, 2.05) is 16.8 Å². The molecule has 1 atom stereocenters. The highest BCUT2D eigenvalue weighted by atomic mass is 79.9. The van der Waals surface area contributed by atoms with Gasteiger partial charge < -0.3 is 10.2 Å². The van der Waals surface area contributed by atoms with Gasteiger partial charge in [0.25, 0.3) is 0 Å². The van der Waals surface area contributed by atoms with Crippen molar-refractivity contribution in [3.05, 3.63) is 46.8 Å². The van der Waals surface area contributed by atoms with Crippen LogP contribution in [0.15, 0.2) is 41.3 Å². The number of aromatic nitrogens is 4. The fraction of sp³-hybridized carbons (Fsp3) is 0.389. The Kier molecular flexibility index (Phi) is 4.57. The van der Waals surface area contributed by atoms with Crippen molar-refractivity contribution in [2.75, 3.05) is 23.3 Å². The average molecular weight is 401 g/mol. The largest absolute Gasteiger partial charge is 0.366 e. The Morgan fingerprint density at radius 1 is 1.36 bits per heavy atom. The molecule has 0 radical (unpaired) electrons. The summed E-state index contributed by atoms with van der Waals surface area (Å²) in [5.74, 6) is 2.65. The van der Waals surface area contributed by atoms with Crippen molar-refractivity contribution in [1.29, 1.82) is 0 Å². The lowest BCUT2D eigenvalue weighted by atomic mass is 10.0. The van der Waals surface area contributed by atoms with E-state index >= 15 is 0 Å². The van der Waals surface area contributed by atoms with Gasteiger partial charge in [-0.3, -0.25) is 4.98 Å². The second-order valence-corrected chi connectivity index (χ2v) is 7.49. The summed E-state index contributed by atoms with van der Waals surface area (Å²) in [6.45, 7) is 5.11. The SMILES string of the molecule is CC1CCCN(c2cc(NCc3cccnc3)n3ncc(Br)c3n2)C1. The molecule has 1 aliphatic rings. The molecule has 0 aliphatic carbocycles. The average Bonchev–Trinajstić information content (AvgIpc) is 3.02. The first-order valence-corrected chi connectivity index (χ1v) is 9.42. The highest BCUT2D eigenvalue weighted by Gasteiger charge is 2.20. The molecule has 1 saturated heterocycles. The van der Waals surface area contributed by atoms with Crippen molar-refractivity contribution in [2.24, 2.45) is 5.92 Å². The molecule has 1 aliphatic heterocycles. The predicted octanol–water partition coefficient (Wildman–Crippen LogP) is 3.74. The highest BCUT2D eigenvalue weighted by Crippen LogP contribution is 2.27. The predicted molar refractivity (Wildman–Crippen MR) is 103 cm³/mol. The molecule has 1 fully saturated rings. The maximum Gasteiger partial charge on any atom is 0.173 e. The van der Waals surface area contributed by atoms with Crippen LogP contribution in [0, 0.1) is 5.92 Å². The first-order valence-electron chi connectivity index (χ1n) is 8.63. The molecule has 1 N–H and O–H groups in total. The standard InChI is InChI=1S/C18H21BrN6/c1-13-4-3-7-24(12-13)17-8-16(21-10-14-5-2-6-20-9-14)25-18(23-17)15(19)11-22-25/h2,5-6,8-9,11,13,21H,3-4,7,10,12H2,1H3. The quantitative estimate of drug-likeness (QED) is 0.722. The molecule has 3 aromatic rings. The van der Waals surface area contributed by atoms with E-state index in [1.54, 1.807) is 12.4 Å². The third-order valence-electron chi connectivity index (χ3n) is 4.59. The van der Waals surface area contributed by atoms with E-state index in [4.69, 9.17) is 4.98 Å². The second kappa shape index (κ2) is 7.00. The summed E-state index contributed by atoms with van der Waals surface area (Å²) >= 11 is 3.56. The lowest BCUT2D eigenvalue weighted by molar-refractivity contribution is 0.444. The van der Waals surface area contributed by atoms with Gasteiger partial charge in [-0.05, 0) is 46.3 Å². The van der Waals surface area contributed by atoms with Crippen LogP contribution in [-0.2, 0) is 6.54 Å². The van der Waals surface area contributed by atoms with Gasteiger partial charge in [0.1, 0.15) is 11.6 Å². The van der Waals surface area contributed by atoms with E-state index in [0.29, 0.717) is 12.5 Å². The molecule has 6 nitrogen and oxygen atoms in total. The molecule has 3 aromatic heterocycles. The topological polar surface area (TPSA) is 58.4 Å². The second-order valence-electron chi connectivity index (χ2n) is 6.64.